The molecule has 1 saturated carbocycles. The average molecular weight is 236 g/mol. The molecule has 0 unspecified atom stereocenters. The van der Waals surface area contributed by atoms with Crippen LogP contribution in [0.3, 0.4) is 0 Å². The van der Waals surface area contributed by atoms with Crippen molar-refractivity contribution in [2.24, 2.45) is 5.92 Å². The van der Waals surface area contributed by atoms with E-state index >= 15 is 0 Å². The van der Waals surface area contributed by atoms with Gasteiger partial charge in [0.25, 0.3) is 0 Å². The molecule has 0 aromatic carbocycles. The Morgan fingerprint density at radius 3 is 1.81 bits per heavy atom. The summed E-state index contributed by atoms with van der Waals surface area (Å²) in [5.74, 6) is -1.77. The quantitative estimate of drug-likeness (QED) is 0.651. The summed E-state index contributed by atoms with van der Waals surface area (Å²) in [5, 5.41) is 0. The van der Waals surface area contributed by atoms with Crippen molar-refractivity contribution in [2.75, 3.05) is 0 Å². The number of alkyl halides is 3. The van der Waals surface area contributed by atoms with Crippen LogP contribution in [0.25, 0.3) is 0 Å². The first-order valence-corrected chi connectivity index (χ1v) is 5.47. The summed E-state index contributed by atoms with van der Waals surface area (Å²) < 4.78 is 48.4. The lowest BCUT2D eigenvalue weighted by Gasteiger charge is -2.32. The molecule has 1 heterocycles. The number of hydrogen-bond donors (Lipinski definition) is 0. The second-order valence-corrected chi connectivity index (χ2v) is 5.67. The maximum absolute atomic E-state index is 12.4. The summed E-state index contributed by atoms with van der Waals surface area (Å²) in [6.45, 7) is 7.38. The van der Waals surface area contributed by atoms with E-state index in [-0.39, 0.29) is 6.42 Å². The number of halogens is 3. The summed E-state index contributed by atoms with van der Waals surface area (Å²) in [6, 6.07) is 0. The molecule has 2 nitrogen and oxygen atoms in total. The predicted molar refractivity (Wildman–Crippen MR) is 54.0 cm³/mol. The van der Waals surface area contributed by atoms with E-state index in [4.69, 9.17) is 9.31 Å². The van der Waals surface area contributed by atoms with Crippen LogP contribution in [0.1, 0.15) is 34.1 Å². The van der Waals surface area contributed by atoms with Gasteiger partial charge in [-0.25, -0.2) is 0 Å². The molecule has 0 amide bonds. The van der Waals surface area contributed by atoms with Crippen LogP contribution in [-0.2, 0) is 9.31 Å². The van der Waals surface area contributed by atoms with Gasteiger partial charge in [0.2, 0.25) is 0 Å². The van der Waals surface area contributed by atoms with Crippen LogP contribution in [0.4, 0.5) is 13.2 Å². The first-order chi connectivity index (χ1) is 7.05. The first-order valence-electron chi connectivity index (χ1n) is 5.47. The van der Waals surface area contributed by atoms with Gasteiger partial charge in [-0.05, 0) is 34.1 Å². The fourth-order valence-electron chi connectivity index (χ4n) is 1.96. The molecule has 0 aromatic rings. The minimum Gasteiger partial charge on any atom is -0.403 e. The van der Waals surface area contributed by atoms with Gasteiger partial charge >= 0.3 is 13.3 Å². The summed E-state index contributed by atoms with van der Waals surface area (Å²) in [6.07, 6.45) is -3.99. The van der Waals surface area contributed by atoms with Crippen LogP contribution in [-0.4, -0.2) is 24.5 Å². The van der Waals surface area contributed by atoms with Crippen molar-refractivity contribution in [3.63, 3.8) is 0 Å². The molecule has 2 rings (SSSR count). The fraction of sp³-hybridized carbons (Fsp3) is 1.00. The predicted octanol–water partition coefficient (Wildman–Crippen LogP) is 3.03. The van der Waals surface area contributed by atoms with Crippen LogP contribution in [0, 0.1) is 5.92 Å². The molecule has 16 heavy (non-hydrogen) atoms. The van der Waals surface area contributed by atoms with E-state index in [1.54, 1.807) is 0 Å². The summed E-state index contributed by atoms with van der Waals surface area (Å²) in [7, 11) is -0.711. The van der Waals surface area contributed by atoms with Crippen LogP contribution < -0.4 is 0 Å². The van der Waals surface area contributed by atoms with E-state index in [0.717, 1.165) is 0 Å². The highest BCUT2D eigenvalue weighted by molar-refractivity contribution is 6.48. The zero-order valence-electron chi connectivity index (χ0n) is 9.89. The van der Waals surface area contributed by atoms with E-state index in [1.807, 2.05) is 27.7 Å². The highest BCUT2D eigenvalue weighted by Crippen LogP contribution is 2.59. The molecule has 2 atom stereocenters. The molecule has 2 aliphatic rings. The maximum Gasteiger partial charge on any atom is 0.461 e. The lowest BCUT2D eigenvalue weighted by Crippen LogP contribution is -2.41. The van der Waals surface area contributed by atoms with E-state index in [1.165, 1.54) is 0 Å². The Kier molecular flexibility index (Phi) is 2.42. The van der Waals surface area contributed by atoms with Crippen molar-refractivity contribution >= 4 is 7.12 Å². The third-order valence-corrected chi connectivity index (χ3v) is 3.88. The first kappa shape index (κ1) is 12.2. The summed E-state index contributed by atoms with van der Waals surface area (Å²) >= 11 is 0. The molecular formula is C10H16BF3O2. The SMILES string of the molecule is CC1(C)OB([C@@H]2C[C@@H]2C(F)(F)F)OC1(C)C. The van der Waals surface area contributed by atoms with Gasteiger partial charge < -0.3 is 9.31 Å². The van der Waals surface area contributed by atoms with Gasteiger partial charge in [-0.1, -0.05) is 0 Å². The van der Waals surface area contributed by atoms with Crippen molar-refractivity contribution in [2.45, 2.75) is 57.3 Å². The van der Waals surface area contributed by atoms with Gasteiger partial charge in [-0.3, -0.25) is 0 Å². The summed E-state index contributed by atoms with van der Waals surface area (Å²) in [4.78, 5) is 0. The van der Waals surface area contributed by atoms with E-state index < -0.39 is 36.2 Å². The van der Waals surface area contributed by atoms with Crippen molar-refractivity contribution in [1.82, 2.24) is 0 Å². The highest BCUT2D eigenvalue weighted by atomic mass is 19.4. The molecule has 2 fully saturated rings. The fourth-order valence-corrected chi connectivity index (χ4v) is 1.96. The van der Waals surface area contributed by atoms with Crippen molar-refractivity contribution in [3.8, 4) is 0 Å². The van der Waals surface area contributed by atoms with Gasteiger partial charge in [-0.2, -0.15) is 13.2 Å². The standard InChI is InChI=1S/C10H16BF3O2/c1-8(2)9(3,4)16-11(15-8)7-5-6(7)10(12,13)14/h6-7H,5H2,1-4H3/t6-,7+/m0/s1. The van der Waals surface area contributed by atoms with Crippen LogP contribution in [0.2, 0.25) is 5.82 Å². The minimum absolute atomic E-state index is 0.125. The lowest BCUT2D eigenvalue weighted by atomic mass is 9.80. The Bertz CT molecular complexity index is 285. The Balaban J connectivity index is 2.02. The second kappa shape index (κ2) is 3.16. The molecule has 0 spiro atoms. The minimum atomic E-state index is -4.12. The monoisotopic (exact) mass is 236 g/mol. The Labute approximate surface area is 93.6 Å². The van der Waals surface area contributed by atoms with Crippen molar-refractivity contribution in [1.29, 1.82) is 0 Å². The molecule has 1 aliphatic heterocycles. The molecular weight excluding hydrogens is 220 g/mol. The highest BCUT2D eigenvalue weighted by Gasteiger charge is 2.66. The van der Waals surface area contributed by atoms with E-state index in [0.29, 0.717) is 0 Å². The Hall–Kier alpha value is -0.225. The normalized spacial score (nSPS) is 36.6. The third-order valence-electron chi connectivity index (χ3n) is 3.88. The average Bonchev–Trinajstić information content (AvgIpc) is 2.73. The number of rotatable bonds is 1. The largest absolute Gasteiger partial charge is 0.461 e. The topological polar surface area (TPSA) is 18.5 Å². The van der Waals surface area contributed by atoms with Gasteiger partial charge in [0.1, 0.15) is 0 Å². The third kappa shape index (κ3) is 1.86. The number of hydrogen-bond acceptors (Lipinski definition) is 2. The van der Waals surface area contributed by atoms with Crippen molar-refractivity contribution in [3.05, 3.63) is 0 Å². The van der Waals surface area contributed by atoms with E-state index in [9.17, 15) is 13.2 Å². The van der Waals surface area contributed by atoms with Gasteiger partial charge in [-0.15, -0.1) is 0 Å². The van der Waals surface area contributed by atoms with Gasteiger partial charge in [0, 0.05) is 5.82 Å². The summed E-state index contributed by atoms with van der Waals surface area (Å²) in [5.41, 5.74) is -1.09. The molecule has 92 valence electrons. The molecule has 1 aliphatic carbocycles. The maximum atomic E-state index is 12.4. The van der Waals surface area contributed by atoms with Crippen LogP contribution >= 0.6 is 0 Å². The Morgan fingerprint density at radius 2 is 1.50 bits per heavy atom. The van der Waals surface area contributed by atoms with Crippen molar-refractivity contribution < 1.29 is 22.5 Å². The molecule has 0 radical (unpaired) electrons. The zero-order valence-corrected chi connectivity index (χ0v) is 9.89. The second-order valence-electron chi connectivity index (χ2n) is 5.67. The smallest absolute Gasteiger partial charge is 0.403 e. The zero-order chi connectivity index (χ0) is 12.4. The van der Waals surface area contributed by atoms with Crippen LogP contribution in [0.15, 0.2) is 0 Å². The molecule has 1 saturated heterocycles. The molecule has 0 bridgehead atoms. The lowest BCUT2D eigenvalue weighted by molar-refractivity contribution is -0.147. The Morgan fingerprint density at radius 1 is 1.06 bits per heavy atom. The van der Waals surface area contributed by atoms with E-state index in [2.05, 4.69) is 0 Å². The molecule has 0 aromatic heterocycles. The van der Waals surface area contributed by atoms with Crippen LogP contribution in [0.5, 0.6) is 0 Å². The molecule has 6 heteroatoms. The van der Waals surface area contributed by atoms with Gasteiger partial charge in [0.05, 0.1) is 17.1 Å². The molecule has 0 N–H and O–H groups in total. The van der Waals surface area contributed by atoms with Gasteiger partial charge in [0.15, 0.2) is 0 Å².